The minimum absolute atomic E-state index is 0.0584. The Morgan fingerprint density at radius 1 is 1.50 bits per heavy atom. The van der Waals surface area contributed by atoms with Crippen LogP contribution in [0.15, 0.2) is 4.99 Å². The zero-order chi connectivity index (χ0) is 13.2. The van der Waals surface area contributed by atoms with Crippen molar-refractivity contribution in [2.45, 2.75) is 38.1 Å². The first-order valence-electron chi connectivity index (χ1n) is 6.66. The van der Waals surface area contributed by atoms with Crippen LogP contribution < -0.4 is 5.32 Å². The summed E-state index contributed by atoms with van der Waals surface area (Å²) in [6, 6.07) is 0. The number of nitrogens with one attached hydrogen (secondary N) is 1. The van der Waals surface area contributed by atoms with E-state index in [0.717, 1.165) is 16.8 Å². The zero-order valence-electron chi connectivity index (χ0n) is 11.5. The molecule has 5 heteroatoms. The van der Waals surface area contributed by atoms with Crippen LogP contribution in [0.3, 0.4) is 0 Å². The van der Waals surface area contributed by atoms with Gasteiger partial charge in [0.15, 0.2) is 5.17 Å². The Labute approximate surface area is 114 Å². The minimum Gasteiger partial charge on any atom is -0.359 e. The Morgan fingerprint density at radius 2 is 2.17 bits per heavy atom. The van der Waals surface area contributed by atoms with Gasteiger partial charge in [0.2, 0.25) is 5.91 Å². The van der Waals surface area contributed by atoms with Crippen molar-refractivity contribution in [2.75, 3.05) is 26.4 Å². The monoisotopic (exact) mass is 269 g/mol. The van der Waals surface area contributed by atoms with Crippen molar-refractivity contribution in [3.05, 3.63) is 0 Å². The van der Waals surface area contributed by atoms with Gasteiger partial charge in [-0.15, -0.1) is 0 Å². The summed E-state index contributed by atoms with van der Waals surface area (Å²) in [5, 5.41) is 4.52. The summed E-state index contributed by atoms with van der Waals surface area (Å²) in [5.41, 5.74) is 0.261. The molecule has 0 atom stereocenters. The van der Waals surface area contributed by atoms with Crippen molar-refractivity contribution in [3.8, 4) is 0 Å². The molecule has 1 amide bonds. The molecule has 1 spiro atoms. The van der Waals surface area contributed by atoms with Crippen LogP contribution in [0, 0.1) is 5.92 Å². The largest absolute Gasteiger partial charge is 0.359 e. The van der Waals surface area contributed by atoms with Crippen LogP contribution in [0.5, 0.6) is 0 Å². The third-order valence-corrected chi connectivity index (χ3v) is 5.15. The molecule has 0 aromatic rings. The zero-order valence-corrected chi connectivity index (χ0v) is 12.3. The lowest BCUT2D eigenvalue weighted by atomic mass is 9.78. The van der Waals surface area contributed by atoms with E-state index in [1.165, 1.54) is 25.7 Å². The molecule has 1 aliphatic heterocycles. The minimum atomic E-state index is 0.0584. The molecule has 18 heavy (non-hydrogen) atoms. The first kappa shape index (κ1) is 13.7. The maximum Gasteiger partial charge on any atom is 0.243 e. The van der Waals surface area contributed by atoms with Gasteiger partial charge in [-0.1, -0.05) is 18.7 Å². The van der Waals surface area contributed by atoms with Gasteiger partial charge in [-0.2, -0.15) is 0 Å². The molecule has 2 aliphatic rings. The molecule has 2 rings (SSSR count). The third kappa shape index (κ3) is 3.19. The molecule has 2 fully saturated rings. The molecule has 102 valence electrons. The van der Waals surface area contributed by atoms with E-state index >= 15 is 0 Å². The second kappa shape index (κ2) is 5.51. The van der Waals surface area contributed by atoms with Gasteiger partial charge in [-0.05, 0) is 31.6 Å². The quantitative estimate of drug-likeness (QED) is 0.830. The second-order valence-electron chi connectivity index (χ2n) is 5.79. The average Bonchev–Trinajstić information content (AvgIpc) is 2.74. The molecule has 0 aromatic carbocycles. The molecule has 0 aromatic heterocycles. The SMILES string of the molecule is CC1CCC2(CC1)CSC(=NCC(=O)N(C)C)N2. The molecule has 0 radical (unpaired) electrons. The summed E-state index contributed by atoms with van der Waals surface area (Å²) in [5.74, 6) is 2.02. The fraction of sp³-hybridized carbons (Fsp3) is 0.846. The Kier molecular flexibility index (Phi) is 4.20. The lowest BCUT2D eigenvalue weighted by Crippen LogP contribution is -2.46. The van der Waals surface area contributed by atoms with Gasteiger partial charge in [-0.25, -0.2) is 0 Å². The van der Waals surface area contributed by atoms with E-state index in [4.69, 9.17) is 0 Å². The van der Waals surface area contributed by atoms with Crippen LogP contribution in [0.2, 0.25) is 0 Å². The number of thioether (sulfide) groups is 1. The van der Waals surface area contributed by atoms with Gasteiger partial charge in [0, 0.05) is 25.4 Å². The van der Waals surface area contributed by atoms with Crippen LogP contribution in [-0.4, -0.2) is 47.9 Å². The Bertz CT molecular complexity index is 346. The van der Waals surface area contributed by atoms with Crippen molar-refractivity contribution in [1.29, 1.82) is 0 Å². The highest BCUT2D eigenvalue weighted by atomic mass is 32.2. The number of nitrogens with zero attached hydrogens (tertiary/aromatic N) is 2. The number of hydrogen-bond acceptors (Lipinski definition) is 3. The van der Waals surface area contributed by atoms with Gasteiger partial charge in [0.1, 0.15) is 6.54 Å². The average molecular weight is 269 g/mol. The lowest BCUT2D eigenvalue weighted by Gasteiger charge is -2.35. The van der Waals surface area contributed by atoms with Crippen molar-refractivity contribution in [1.82, 2.24) is 10.2 Å². The van der Waals surface area contributed by atoms with Gasteiger partial charge in [0.05, 0.1) is 0 Å². The summed E-state index contributed by atoms with van der Waals surface area (Å²) in [4.78, 5) is 17.5. The summed E-state index contributed by atoms with van der Waals surface area (Å²) in [6.07, 6.45) is 5.08. The fourth-order valence-corrected chi connectivity index (χ4v) is 3.67. The predicted molar refractivity (Wildman–Crippen MR) is 77.0 cm³/mol. The van der Waals surface area contributed by atoms with E-state index in [0.29, 0.717) is 0 Å². The van der Waals surface area contributed by atoms with Gasteiger partial charge in [-0.3, -0.25) is 9.79 Å². The highest BCUT2D eigenvalue weighted by molar-refractivity contribution is 8.14. The molecule has 1 N–H and O–H groups in total. The first-order chi connectivity index (χ1) is 8.51. The number of hydrogen-bond donors (Lipinski definition) is 1. The van der Waals surface area contributed by atoms with Crippen molar-refractivity contribution < 1.29 is 4.79 Å². The summed E-state index contributed by atoms with van der Waals surface area (Å²) in [6.45, 7) is 2.59. The highest BCUT2D eigenvalue weighted by Gasteiger charge is 2.39. The number of carbonyl (C=O) groups excluding carboxylic acids is 1. The number of rotatable bonds is 2. The molecule has 1 saturated heterocycles. The predicted octanol–water partition coefficient (Wildman–Crippen LogP) is 1.72. The molecule has 0 bridgehead atoms. The van der Waals surface area contributed by atoms with E-state index in [-0.39, 0.29) is 18.0 Å². The number of carbonyl (C=O) groups is 1. The standard InChI is InChI=1S/C13H23N3OS/c1-10-4-6-13(7-5-10)9-18-12(15-13)14-8-11(17)16(2)3/h10H,4-9H2,1-3H3,(H,14,15). The van der Waals surface area contributed by atoms with Crippen LogP contribution in [-0.2, 0) is 4.79 Å². The second-order valence-corrected chi connectivity index (χ2v) is 6.75. The number of amidine groups is 1. The van der Waals surface area contributed by atoms with Gasteiger partial charge < -0.3 is 10.2 Å². The molecule has 1 saturated carbocycles. The van der Waals surface area contributed by atoms with Crippen molar-refractivity contribution in [2.24, 2.45) is 10.9 Å². The first-order valence-corrected chi connectivity index (χ1v) is 7.65. The topological polar surface area (TPSA) is 44.7 Å². The number of amides is 1. The number of likely N-dealkylation sites (N-methyl/N-ethyl adjacent to an activating group) is 1. The van der Waals surface area contributed by atoms with Crippen molar-refractivity contribution in [3.63, 3.8) is 0 Å². The molecule has 0 unspecified atom stereocenters. The summed E-state index contributed by atoms with van der Waals surface area (Å²) < 4.78 is 0. The Hall–Kier alpha value is -0.710. The van der Waals surface area contributed by atoms with E-state index in [2.05, 4.69) is 17.2 Å². The molecule has 4 nitrogen and oxygen atoms in total. The summed E-state index contributed by atoms with van der Waals surface area (Å²) >= 11 is 1.77. The molecule has 1 heterocycles. The maximum absolute atomic E-state index is 11.5. The lowest BCUT2D eigenvalue weighted by molar-refractivity contribution is -0.127. The van der Waals surface area contributed by atoms with E-state index < -0.39 is 0 Å². The van der Waals surface area contributed by atoms with Crippen LogP contribution in [0.1, 0.15) is 32.6 Å². The number of aliphatic imine (C=N–C) groups is 1. The van der Waals surface area contributed by atoms with Crippen LogP contribution >= 0.6 is 11.8 Å². The van der Waals surface area contributed by atoms with Gasteiger partial charge in [0.25, 0.3) is 0 Å². The molecule has 1 aliphatic carbocycles. The molecular formula is C13H23N3OS. The molecular weight excluding hydrogens is 246 g/mol. The van der Waals surface area contributed by atoms with Gasteiger partial charge >= 0.3 is 0 Å². The maximum atomic E-state index is 11.5. The Morgan fingerprint density at radius 3 is 2.78 bits per heavy atom. The van der Waals surface area contributed by atoms with Crippen molar-refractivity contribution >= 4 is 22.8 Å². The summed E-state index contributed by atoms with van der Waals surface area (Å²) in [7, 11) is 3.53. The Balaban J connectivity index is 1.88. The fourth-order valence-electron chi connectivity index (χ4n) is 2.46. The normalized spacial score (nSPS) is 33.7. The van der Waals surface area contributed by atoms with E-state index in [1.807, 2.05) is 0 Å². The van der Waals surface area contributed by atoms with E-state index in [9.17, 15) is 4.79 Å². The third-order valence-electron chi connectivity index (χ3n) is 3.95. The highest BCUT2D eigenvalue weighted by Crippen LogP contribution is 2.38. The van der Waals surface area contributed by atoms with E-state index in [1.54, 1.807) is 30.8 Å². The van der Waals surface area contributed by atoms with Crippen LogP contribution in [0.25, 0.3) is 0 Å². The van der Waals surface area contributed by atoms with Crippen LogP contribution in [0.4, 0.5) is 0 Å². The smallest absolute Gasteiger partial charge is 0.243 e.